The quantitative estimate of drug-likeness (QED) is 0.738. The smallest absolute Gasteiger partial charge is 0.268 e. The van der Waals surface area contributed by atoms with Gasteiger partial charge in [0.1, 0.15) is 0 Å². The maximum absolute atomic E-state index is 12.8. The molecule has 1 heterocycles. The number of amides is 2. The summed E-state index contributed by atoms with van der Waals surface area (Å²) in [6.45, 7) is 0. The van der Waals surface area contributed by atoms with E-state index in [4.69, 9.17) is 11.6 Å². The van der Waals surface area contributed by atoms with E-state index in [-0.39, 0.29) is 21.8 Å². The molecule has 0 unspecified atom stereocenters. The maximum Gasteiger partial charge on any atom is 0.416 e. The third-order valence-electron chi connectivity index (χ3n) is 3.28. The summed E-state index contributed by atoms with van der Waals surface area (Å²) in [4.78, 5) is 25.3. The van der Waals surface area contributed by atoms with Crippen LogP contribution < -0.4 is 4.90 Å². The minimum atomic E-state index is -4.56. The SMILES string of the molecule is O=C1c2ccc(Cl)cc2C(=O)N1c1cccc(C(F)(F)F)c1. The number of fused-ring (bicyclic) bond motifs is 1. The topological polar surface area (TPSA) is 37.4 Å². The molecule has 22 heavy (non-hydrogen) atoms. The van der Waals surface area contributed by atoms with Crippen molar-refractivity contribution in [3.8, 4) is 0 Å². The maximum atomic E-state index is 12.8. The molecule has 0 saturated carbocycles. The number of hydrogen-bond donors (Lipinski definition) is 0. The van der Waals surface area contributed by atoms with Gasteiger partial charge in [-0.15, -0.1) is 0 Å². The summed E-state index contributed by atoms with van der Waals surface area (Å²) in [6.07, 6.45) is -4.56. The van der Waals surface area contributed by atoms with E-state index < -0.39 is 23.6 Å². The van der Waals surface area contributed by atoms with Crippen molar-refractivity contribution in [2.24, 2.45) is 0 Å². The number of anilines is 1. The van der Waals surface area contributed by atoms with E-state index in [2.05, 4.69) is 0 Å². The number of rotatable bonds is 1. The van der Waals surface area contributed by atoms with Crippen molar-refractivity contribution in [1.82, 2.24) is 0 Å². The van der Waals surface area contributed by atoms with Crippen LogP contribution in [0.4, 0.5) is 18.9 Å². The number of hydrogen-bond acceptors (Lipinski definition) is 2. The van der Waals surface area contributed by atoms with Gasteiger partial charge in [0.05, 0.1) is 22.4 Å². The zero-order valence-corrected chi connectivity index (χ0v) is 11.6. The van der Waals surface area contributed by atoms with Crippen molar-refractivity contribution in [3.63, 3.8) is 0 Å². The van der Waals surface area contributed by atoms with Crippen LogP contribution in [0.15, 0.2) is 42.5 Å². The first-order chi connectivity index (χ1) is 10.3. The van der Waals surface area contributed by atoms with Gasteiger partial charge in [-0.25, -0.2) is 4.90 Å². The van der Waals surface area contributed by atoms with E-state index in [1.54, 1.807) is 0 Å². The average molecular weight is 326 g/mol. The molecule has 0 fully saturated rings. The Bertz CT molecular complexity index is 802. The van der Waals surface area contributed by atoms with Crippen LogP contribution in [0.2, 0.25) is 5.02 Å². The fraction of sp³-hybridized carbons (Fsp3) is 0.0667. The molecule has 0 aromatic heterocycles. The molecule has 2 aromatic rings. The number of nitrogens with zero attached hydrogens (tertiary/aromatic N) is 1. The zero-order chi connectivity index (χ0) is 16.1. The van der Waals surface area contributed by atoms with Gasteiger partial charge in [0.25, 0.3) is 11.8 Å². The standard InChI is InChI=1S/C15H7ClF3NO2/c16-9-4-5-11-12(7-9)14(22)20(13(11)21)10-3-1-2-8(6-10)15(17,18)19/h1-7H. The molecule has 112 valence electrons. The fourth-order valence-corrected chi connectivity index (χ4v) is 2.44. The van der Waals surface area contributed by atoms with Gasteiger partial charge >= 0.3 is 6.18 Å². The van der Waals surface area contributed by atoms with Gasteiger partial charge in [-0.3, -0.25) is 9.59 Å². The number of benzene rings is 2. The van der Waals surface area contributed by atoms with E-state index in [0.29, 0.717) is 0 Å². The van der Waals surface area contributed by atoms with E-state index in [1.807, 2.05) is 0 Å². The molecule has 0 spiro atoms. The van der Waals surface area contributed by atoms with Crippen LogP contribution in [0.5, 0.6) is 0 Å². The lowest BCUT2D eigenvalue weighted by Gasteiger charge is -2.15. The highest BCUT2D eigenvalue weighted by Gasteiger charge is 2.38. The second kappa shape index (κ2) is 4.84. The van der Waals surface area contributed by atoms with Crippen LogP contribution in [-0.4, -0.2) is 11.8 Å². The van der Waals surface area contributed by atoms with Gasteiger partial charge in [-0.1, -0.05) is 17.7 Å². The van der Waals surface area contributed by atoms with E-state index in [0.717, 1.165) is 23.1 Å². The van der Waals surface area contributed by atoms with Crippen molar-refractivity contribution in [1.29, 1.82) is 0 Å². The second-order valence-electron chi connectivity index (χ2n) is 4.68. The molecule has 2 aromatic carbocycles. The molecule has 3 rings (SSSR count). The summed E-state index contributed by atoms with van der Waals surface area (Å²) in [5.41, 5.74) is -0.863. The average Bonchev–Trinajstić information content (AvgIpc) is 2.69. The third-order valence-corrected chi connectivity index (χ3v) is 3.52. The van der Waals surface area contributed by atoms with E-state index in [1.165, 1.54) is 24.3 Å². The van der Waals surface area contributed by atoms with Crippen LogP contribution in [0.25, 0.3) is 0 Å². The van der Waals surface area contributed by atoms with Gasteiger partial charge in [-0.05, 0) is 36.4 Å². The van der Waals surface area contributed by atoms with Gasteiger partial charge in [0.2, 0.25) is 0 Å². The largest absolute Gasteiger partial charge is 0.416 e. The summed E-state index contributed by atoms with van der Waals surface area (Å²) in [5.74, 6) is -1.36. The highest BCUT2D eigenvalue weighted by molar-refractivity contribution is 6.36. The lowest BCUT2D eigenvalue weighted by Crippen LogP contribution is -2.29. The van der Waals surface area contributed by atoms with Crippen molar-refractivity contribution in [2.75, 3.05) is 4.90 Å². The molecule has 0 radical (unpaired) electrons. The zero-order valence-electron chi connectivity index (χ0n) is 10.8. The highest BCUT2D eigenvalue weighted by Crippen LogP contribution is 2.34. The molecule has 2 amide bonds. The monoisotopic (exact) mass is 325 g/mol. The Morgan fingerprint density at radius 2 is 1.59 bits per heavy atom. The first-order valence-corrected chi connectivity index (χ1v) is 6.52. The summed E-state index contributed by atoms with van der Waals surface area (Å²) >= 11 is 5.78. The lowest BCUT2D eigenvalue weighted by molar-refractivity contribution is -0.137. The van der Waals surface area contributed by atoms with E-state index >= 15 is 0 Å². The molecule has 0 N–H and O–H groups in total. The number of carbonyl (C=O) groups excluding carboxylic acids is 2. The minimum absolute atomic E-state index is 0.0786. The Morgan fingerprint density at radius 3 is 2.27 bits per heavy atom. The Morgan fingerprint density at radius 1 is 0.909 bits per heavy atom. The first-order valence-electron chi connectivity index (χ1n) is 6.14. The van der Waals surface area contributed by atoms with Crippen LogP contribution in [0.3, 0.4) is 0 Å². The first kappa shape index (κ1) is 14.6. The molecule has 0 saturated heterocycles. The molecule has 0 atom stereocenters. The molecule has 7 heteroatoms. The molecule has 3 nitrogen and oxygen atoms in total. The van der Waals surface area contributed by atoms with Crippen molar-refractivity contribution in [2.45, 2.75) is 6.18 Å². The molecular weight excluding hydrogens is 319 g/mol. The van der Waals surface area contributed by atoms with Crippen LogP contribution in [-0.2, 0) is 6.18 Å². The molecule has 0 bridgehead atoms. The van der Waals surface area contributed by atoms with Gasteiger partial charge in [0, 0.05) is 5.02 Å². The Hall–Kier alpha value is -2.34. The summed E-state index contributed by atoms with van der Waals surface area (Å²) < 4.78 is 38.3. The summed E-state index contributed by atoms with van der Waals surface area (Å²) in [7, 11) is 0. The molecule has 1 aliphatic heterocycles. The Labute approximate surface area is 127 Å². The van der Waals surface area contributed by atoms with Gasteiger partial charge in [-0.2, -0.15) is 13.2 Å². The van der Waals surface area contributed by atoms with Gasteiger partial charge in [0.15, 0.2) is 0 Å². The number of carbonyl (C=O) groups is 2. The van der Waals surface area contributed by atoms with Crippen LogP contribution in [0.1, 0.15) is 26.3 Å². The third kappa shape index (κ3) is 2.25. The van der Waals surface area contributed by atoms with E-state index in [9.17, 15) is 22.8 Å². The van der Waals surface area contributed by atoms with Crippen LogP contribution in [0, 0.1) is 0 Å². The normalized spacial score (nSPS) is 14.5. The fourth-order valence-electron chi connectivity index (χ4n) is 2.27. The lowest BCUT2D eigenvalue weighted by atomic mass is 10.1. The van der Waals surface area contributed by atoms with Gasteiger partial charge < -0.3 is 0 Å². The highest BCUT2D eigenvalue weighted by atomic mass is 35.5. The van der Waals surface area contributed by atoms with Crippen LogP contribution >= 0.6 is 11.6 Å². The Kier molecular flexibility index (Phi) is 3.21. The number of imide groups is 1. The minimum Gasteiger partial charge on any atom is -0.268 e. The van der Waals surface area contributed by atoms with Crippen molar-refractivity contribution in [3.05, 3.63) is 64.2 Å². The molecule has 0 aliphatic carbocycles. The predicted octanol–water partition coefficient (Wildman–Crippen LogP) is 4.16. The molecular formula is C15H7ClF3NO2. The number of alkyl halides is 3. The number of halogens is 4. The summed E-state index contributed by atoms with van der Waals surface area (Å²) in [5, 5.41) is 0.269. The summed E-state index contributed by atoms with van der Waals surface area (Å²) in [6, 6.07) is 8.21. The second-order valence-corrected chi connectivity index (χ2v) is 5.12. The predicted molar refractivity (Wildman–Crippen MR) is 74.0 cm³/mol. The molecule has 1 aliphatic rings. The Balaban J connectivity index is 2.08. The van der Waals surface area contributed by atoms with Crippen molar-refractivity contribution < 1.29 is 22.8 Å². The van der Waals surface area contributed by atoms with Crippen molar-refractivity contribution >= 4 is 29.1 Å².